The molecule has 6 nitrogen and oxygen atoms in total. The second kappa shape index (κ2) is 6.53. The highest BCUT2D eigenvalue weighted by Gasteiger charge is 2.23. The van der Waals surface area contributed by atoms with Crippen molar-refractivity contribution in [2.75, 3.05) is 12.3 Å². The number of alkyl carbamates (subject to hydrolysis) is 1. The van der Waals surface area contributed by atoms with Gasteiger partial charge < -0.3 is 14.5 Å². The molecule has 0 aliphatic carbocycles. The van der Waals surface area contributed by atoms with Crippen molar-refractivity contribution in [1.29, 1.82) is 0 Å². The molecule has 1 aliphatic heterocycles. The number of nitrogens with one attached hydrogen (secondary N) is 1. The number of ether oxygens (including phenoxy) is 1. The molecule has 116 valence electrons. The Morgan fingerprint density at radius 1 is 1.45 bits per heavy atom. The molecular formula is C13H11ClFN3O3S. The van der Waals surface area contributed by atoms with Gasteiger partial charge in [0.2, 0.25) is 5.89 Å². The first-order valence-corrected chi connectivity index (χ1v) is 7.80. The molecule has 1 amide bonds. The summed E-state index contributed by atoms with van der Waals surface area (Å²) in [6.07, 6.45) is -0.529. The highest BCUT2D eigenvalue weighted by Crippen LogP contribution is 2.24. The van der Waals surface area contributed by atoms with E-state index < -0.39 is 11.9 Å². The second-order valence-corrected chi connectivity index (χ2v) is 5.94. The summed E-state index contributed by atoms with van der Waals surface area (Å²) in [5.74, 6) is 0.362. The van der Waals surface area contributed by atoms with Gasteiger partial charge in [0.25, 0.3) is 5.22 Å². The summed E-state index contributed by atoms with van der Waals surface area (Å²) in [6, 6.07) is 4.47. The summed E-state index contributed by atoms with van der Waals surface area (Å²) in [4.78, 5) is 10.9. The summed E-state index contributed by atoms with van der Waals surface area (Å²) >= 11 is 7.23. The molecule has 0 spiro atoms. The van der Waals surface area contributed by atoms with Gasteiger partial charge in [0, 0.05) is 16.3 Å². The predicted molar refractivity (Wildman–Crippen MR) is 77.5 cm³/mol. The summed E-state index contributed by atoms with van der Waals surface area (Å²) < 4.78 is 24.1. The molecule has 3 rings (SSSR count). The number of hydrogen-bond donors (Lipinski definition) is 1. The molecule has 2 heterocycles. The molecule has 1 aromatic carbocycles. The van der Waals surface area contributed by atoms with E-state index in [0.29, 0.717) is 28.1 Å². The number of amides is 1. The maximum absolute atomic E-state index is 13.7. The smallest absolute Gasteiger partial charge is 0.407 e. The Labute approximate surface area is 134 Å². The average molecular weight is 344 g/mol. The van der Waals surface area contributed by atoms with Crippen LogP contribution < -0.4 is 5.32 Å². The molecule has 0 unspecified atom stereocenters. The van der Waals surface area contributed by atoms with Crippen LogP contribution >= 0.6 is 23.4 Å². The molecule has 2 aromatic rings. The molecule has 22 heavy (non-hydrogen) atoms. The quantitative estimate of drug-likeness (QED) is 0.841. The van der Waals surface area contributed by atoms with Crippen LogP contribution in [0.3, 0.4) is 0 Å². The number of carbonyl (C=O) groups excluding carboxylic acids is 1. The number of nitrogens with zero attached hydrogens (tertiary/aromatic N) is 2. The topological polar surface area (TPSA) is 77.3 Å². The predicted octanol–water partition coefficient (Wildman–Crippen LogP) is 2.65. The van der Waals surface area contributed by atoms with E-state index in [0.717, 1.165) is 0 Å². The monoisotopic (exact) mass is 343 g/mol. The zero-order valence-corrected chi connectivity index (χ0v) is 12.8. The van der Waals surface area contributed by atoms with Crippen LogP contribution in [0.1, 0.15) is 11.5 Å². The normalized spacial score (nSPS) is 17.4. The van der Waals surface area contributed by atoms with Crippen molar-refractivity contribution < 1.29 is 18.3 Å². The third kappa shape index (κ3) is 3.50. The van der Waals surface area contributed by atoms with E-state index in [2.05, 4.69) is 15.5 Å². The minimum Gasteiger partial charge on any atom is -0.443 e. The van der Waals surface area contributed by atoms with Gasteiger partial charge in [-0.15, -0.1) is 10.2 Å². The fourth-order valence-corrected chi connectivity index (χ4v) is 2.91. The van der Waals surface area contributed by atoms with Gasteiger partial charge in [-0.3, -0.25) is 0 Å². The zero-order chi connectivity index (χ0) is 15.5. The van der Waals surface area contributed by atoms with E-state index in [1.54, 1.807) is 6.07 Å². The number of halogens is 2. The van der Waals surface area contributed by atoms with Crippen molar-refractivity contribution >= 4 is 29.5 Å². The Bertz CT molecular complexity index is 677. The van der Waals surface area contributed by atoms with Gasteiger partial charge in [-0.1, -0.05) is 29.4 Å². The Balaban J connectivity index is 1.60. The summed E-state index contributed by atoms with van der Waals surface area (Å²) in [7, 11) is 0. The van der Waals surface area contributed by atoms with Crippen LogP contribution in [0.4, 0.5) is 9.18 Å². The fourth-order valence-electron chi connectivity index (χ4n) is 1.91. The summed E-state index contributed by atoms with van der Waals surface area (Å²) in [6.45, 7) is 0.456. The molecule has 1 aromatic heterocycles. The number of cyclic esters (lactones) is 1. The molecule has 1 fully saturated rings. The van der Waals surface area contributed by atoms with Crippen LogP contribution in [-0.2, 0) is 11.2 Å². The van der Waals surface area contributed by atoms with Crippen molar-refractivity contribution in [3.8, 4) is 0 Å². The van der Waals surface area contributed by atoms with Crippen LogP contribution in [0, 0.1) is 5.82 Å². The molecule has 1 saturated heterocycles. The lowest BCUT2D eigenvalue weighted by Gasteiger charge is -2.04. The molecule has 0 saturated carbocycles. The molecule has 1 atom stereocenters. The van der Waals surface area contributed by atoms with Crippen LogP contribution in [-0.4, -0.2) is 34.7 Å². The zero-order valence-electron chi connectivity index (χ0n) is 11.2. The third-order valence-corrected chi connectivity index (χ3v) is 4.28. The van der Waals surface area contributed by atoms with Crippen molar-refractivity contribution in [2.45, 2.75) is 17.7 Å². The van der Waals surface area contributed by atoms with E-state index in [-0.39, 0.29) is 18.4 Å². The van der Waals surface area contributed by atoms with E-state index >= 15 is 0 Å². The minimum atomic E-state index is -0.425. The minimum absolute atomic E-state index is 0.124. The van der Waals surface area contributed by atoms with Crippen molar-refractivity contribution in [1.82, 2.24) is 15.5 Å². The average Bonchev–Trinajstić information content (AvgIpc) is 3.10. The standard InChI is InChI=1S/C13H11ClFN3O3S/c14-9-2-1-3-10(15)8(9)4-11-17-18-13(21-11)22-6-7-5-16-12(19)20-7/h1-3,7H,4-6H2,(H,16,19)/t7-/m0/s1. The molecule has 0 bridgehead atoms. The number of carbonyl (C=O) groups is 1. The van der Waals surface area contributed by atoms with Gasteiger partial charge in [0.05, 0.1) is 13.0 Å². The van der Waals surface area contributed by atoms with Gasteiger partial charge in [-0.25, -0.2) is 9.18 Å². The Kier molecular flexibility index (Phi) is 4.49. The summed E-state index contributed by atoms with van der Waals surface area (Å²) in [5, 5.41) is 11.0. The molecule has 1 aliphatic rings. The van der Waals surface area contributed by atoms with E-state index in [9.17, 15) is 9.18 Å². The third-order valence-electron chi connectivity index (χ3n) is 2.98. The Morgan fingerprint density at radius 3 is 3.05 bits per heavy atom. The van der Waals surface area contributed by atoms with Crippen LogP contribution in [0.25, 0.3) is 0 Å². The van der Waals surface area contributed by atoms with Crippen molar-refractivity contribution in [3.05, 3.63) is 40.5 Å². The number of hydrogen-bond acceptors (Lipinski definition) is 6. The van der Waals surface area contributed by atoms with E-state index in [1.165, 1.54) is 23.9 Å². The van der Waals surface area contributed by atoms with Gasteiger partial charge >= 0.3 is 6.09 Å². The molecular weight excluding hydrogens is 333 g/mol. The van der Waals surface area contributed by atoms with Crippen LogP contribution in [0.15, 0.2) is 27.8 Å². The van der Waals surface area contributed by atoms with Gasteiger partial charge in [0.1, 0.15) is 11.9 Å². The highest BCUT2D eigenvalue weighted by molar-refractivity contribution is 7.99. The first kappa shape index (κ1) is 15.1. The molecule has 0 radical (unpaired) electrons. The van der Waals surface area contributed by atoms with Gasteiger partial charge in [-0.2, -0.15) is 0 Å². The number of benzene rings is 1. The van der Waals surface area contributed by atoms with Crippen LogP contribution in [0.2, 0.25) is 5.02 Å². The number of aromatic nitrogens is 2. The Morgan fingerprint density at radius 2 is 2.32 bits per heavy atom. The van der Waals surface area contributed by atoms with Crippen molar-refractivity contribution in [2.24, 2.45) is 0 Å². The number of thioether (sulfide) groups is 1. The lowest BCUT2D eigenvalue weighted by atomic mass is 10.1. The maximum Gasteiger partial charge on any atom is 0.407 e. The van der Waals surface area contributed by atoms with E-state index in [1.807, 2.05) is 0 Å². The summed E-state index contributed by atoms with van der Waals surface area (Å²) in [5.41, 5.74) is 0.318. The first-order valence-electron chi connectivity index (χ1n) is 6.44. The lowest BCUT2D eigenvalue weighted by molar-refractivity contribution is 0.150. The fraction of sp³-hybridized carbons (Fsp3) is 0.308. The largest absolute Gasteiger partial charge is 0.443 e. The molecule has 9 heteroatoms. The maximum atomic E-state index is 13.7. The SMILES string of the molecule is O=C1NC[C@@H](CSc2nnc(Cc3c(F)cccc3Cl)o2)O1. The first-order chi connectivity index (χ1) is 10.6. The Hall–Kier alpha value is -1.80. The van der Waals surface area contributed by atoms with Gasteiger partial charge in [-0.05, 0) is 12.1 Å². The van der Waals surface area contributed by atoms with E-state index in [4.69, 9.17) is 20.8 Å². The molecule has 1 N–H and O–H groups in total. The number of rotatable bonds is 5. The van der Waals surface area contributed by atoms with Crippen molar-refractivity contribution in [3.63, 3.8) is 0 Å². The second-order valence-electron chi connectivity index (χ2n) is 4.56. The van der Waals surface area contributed by atoms with Gasteiger partial charge in [0.15, 0.2) is 0 Å². The highest BCUT2D eigenvalue weighted by atomic mass is 35.5. The lowest BCUT2D eigenvalue weighted by Crippen LogP contribution is -2.16. The van der Waals surface area contributed by atoms with Crippen LogP contribution in [0.5, 0.6) is 0 Å².